The highest BCUT2D eigenvalue weighted by atomic mass is 79.9. The molecule has 4 fully saturated rings. The van der Waals surface area contributed by atoms with Crippen molar-refractivity contribution in [3.63, 3.8) is 0 Å². The molecule has 0 aromatic heterocycles. The Labute approximate surface area is 156 Å². The number of ketones is 1. The van der Waals surface area contributed by atoms with Gasteiger partial charge in [-0.25, -0.2) is 0 Å². The molecule has 0 saturated heterocycles. The number of esters is 1. The van der Waals surface area contributed by atoms with Crippen molar-refractivity contribution in [1.29, 1.82) is 0 Å². The molecule has 134 valence electrons. The van der Waals surface area contributed by atoms with Crippen LogP contribution in [0.2, 0.25) is 0 Å². The standard InChI is InChI=1S/C20H23BrO4/c1-24-16-4-2-15(3-5-16)17(22)11-25-18(23)19-7-13-6-14(8-19)10-20(21,9-13)12-19/h2-5,13-14H,6-12H2,1H3/t13-,14+,19?,20?. The van der Waals surface area contributed by atoms with Crippen LogP contribution in [0.4, 0.5) is 0 Å². The summed E-state index contributed by atoms with van der Waals surface area (Å²) in [4.78, 5) is 25.2. The topological polar surface area (TPSA) is 52.6 Å². The van der Waals surface area contributed by atoms with Gasteiger partial charge in [-0.15, -0.1) is 0 Å². The molecule has 0 N–H and O–H groups in total. The van der Waals surface area contributed by atoms with E-state index in [1.807, 2.05) is 0 Å². The molecule has 5 rings (SSSR count). The first-order valence-electron chi connectivity index (χ1n) is 8.95. The monoisotopic (exact) mass is 406 g/mol. The van der Waals surface area contributed by atoms with E-state index in [2.05, 4.69) is 15.9 Å². The fraction of sp³-hybridized carbons (Fsp3) is 0.600. The Kier molecular flexibility index (Phi) is 4.18. The van der Waals surface area contributed by atoms with E-state index in [9.17, 15) is 9.59 Å². The summed E-state index contributed by atoms with van der Waals surface area (Å²) >= 11 is 3.90. The van der Waals surface area contributed by atoms with E-state index in [1.165, 1.54) is 19.3 Å². The second kappa shape index (κ2) is 6.11. The lowest BCUT2D eigenvalue weighted by Crippen LogP contribution is -2.56. The molecule has 1 aromatic carbocycles. The molecule has 2 unspecified atom stereocenters. The summed E-state index contributed by atoms with van der Waals surface area (Å²) in [6.07, 6.45) is 6.28. The summed E-state index contributed by atoms with van der Waals surface area (Å²) in [6.45, 7) is -0.183. The molecule has 4 bridgehead atoms. The molecular weight excluding hydrogens is 384 g/mol. The van der Waals surface area contributed by atoms with Gasteiger partial charge in [0.1, 0.15) is 5.75 Å². The summed E-state index contributed by atoms with van der Waals surface area (Å²) in [6, 6.07) is 6.88. The smallest absolute Gasteiger partial charge is 0.312 e. The first kappa shape index (κ1) is 17.1. The second-order valence-electron chi connectivity index (χ2n) is 8.12. The number of Topliss-reactive ketones (excluding diaryl/α,β-unsaturated/α-hetero) is 1. The van der Waals surface area contributed by atoms with Crippen molar-refractivity contribution in [3.05, 3.63) is 29.8 Å². The molecule has 4 aliphatic carbocycles. The van der Waals surface area contributed by atoms with Gasteiger partial charge in [-0.3, -0.25) is 9.59 Å². The number of ether oxygens (including phenoxy) is 2. The van der Waals surface area contributed by atoms with Crippen LogP contribution < -0.4 is 4.74 Å². The maximum Gasteiger partial charge on any atom is 0.312 e. The second-order valence-corrected chi connectivity index (χ2v) is 9.80. The van der Waals surface area contributed by atoms with Crippen molar-refractivity contribution in [3.8, 4) is 5.75 Å². The number of hydrogen-bond acceptors (Lipinski definition) is 4. The van der Waals surface area contributed by atoms with Gasteiger partial charge in [0.05, 0.1) is 12.5 Å². The van der Waals surface area contributed by atoms with Crippen molar-refractivity contribution in [2.75, 3.05) is 13.7 Å². The highest BCUT2D eigenvalue weighted by Crippen LogP contribution is 2.64. The van der Waals surface area contributed by atoms with Gasteiger partial charge >= 0.3 is 5.97 Å². The van der Waals surface area contributed by atoms with E-state index in [4.69, 9.17) is 9.47 Å². The van der Waals surface area contributed by atoms with Gasteiger partial charge in [-0.2, -0.15) is 0 Å². The fourth-order valence-electron chi connectivity index (χ4n) is 5.53. The number of methoxy groups -OCH3 is 1. The Bertz CT molecular complexity index is 682. The van der Waals surface area contributed by atoms with Crippen LogP contribution in [0.1, 0.15) is 48.9 Å². The first-order chi connectivity index (χ1) is 11.9. The van der Waals surface area contributed by atoms with Crippen LogP contribution in [-0.4, -0.2) is 29.8 Å². The Morgan fingerprint density at radius 3 is 2.32 bits per heavy atom. The molecule has 4 saturated carbocycles. The maximum absolute atomic E-state index is 12.9. The van der Waals surface area contributed by atoms with Gasteiger partial charge < -0.3 is 9.47 Å². The molecule has 4 atom stereocenters. The molecule has 25 heavy (non-hydrogen) atoms. The van der Waals surface area contributed by atoms with Gasteiger partial charge in [-0.05, 0) is 74.6 Å². The zero-order valence-corrected chi connectivity index (χ0v) is 16.0. The van der Waals surface area contributed by atoms with E-state index in [-0.39, 0.29) is 28.1 Å². The number of carbonyl (C=O) groups excluding carboxylic acids is 2. The summed E-state index contributed by atoms with van der Waals surface area (Å²) in [7, 11) is 1.58. The number of benzene rings is 1. The van der Waals surface area contributed by atoms with Crippen LogP contribution >= 0.6 is 15.9 Å². The molecule has 5 heteroatoms. The van der Waals surface area contributed by atoms with E-state index < -0.39 is 0 Å². The van der Waals surface area contributed by atoms with Crippen molar-refractivity contribution in [1.82, 2.24) is 0 Å². The maximum atomic E-state index is 12.9. The van der Waals surface area contributed by atoms with Crippen molar-refractivity contribution >= 4 is 27.7 Å². The van der Waals surface area contributed by atoms with Gasteiger partial charge in [0, 0.05) is 9.89 Å². The van der Waals surface area contributed by atoms with Crippen molar-refractivity contribution < 1.29 is 19.1 Å². The lowest BCUT2D eigenvalue weighted by atomic mass is 9.49. The molecule has 0 aliphatic heterocycles. The predicted molar refractivity (Wildman–Crippen MR) is 97.1 cm³/mol. The Hall–Kier alpha value is -1.36. The molecule has 4 nitrogen and oxygen atoms in total. The minimum atomic E-state index is -0.381. The third-order valence-electron chi connectivity index (χ3n) is 6.17. The van der Waals surface area contributed by atoms with E-state index in [1.54, 1.807) is 31.4 Å². The normalized spacial score (nSPS) is 35.4. The Morgan fingerprint density at radius 1 is 1.12 bits per heavy atom. The molecular formula is C20H23BrO4. The lowest BCUT2D eigenvalue weighted by Gasteiger charge is -2.58. The molecule has 0 heterocycles. The van der Waals surface area contributed by atoms with Crippen LogP contribution in [0.5, 0.6) is 5.75 Å². The van der Waals surface area contributed by atoms with Gasteiger partial charge in [0.15, 0.2) is 12.4 Å². The molecule has 0 amide bonds. The predicted octanol–water partition coefficient (Wildman–Crippen LogP) is 4.16. The van der Waals surface area contributed by atoms with Gasteiger partial charge in [-0.1, -0.05) is 15.9 Å². The molecule has 0 spiro atoms. The number of halogens is 1. The number of hydrogen-bond donors (Lipinski definition) is 0. The summed E-state index contributed by atoms with van der Waals surface area (Å²) in [5.41, 5.74) is 0.157. The minimum absolute atomic E-state index is 0.107. The first-order valence-corrected chi connectivity index (χ1v) is 9.74. The SMILES string of the molecule is COc1ccc(C(=O)COC(=O)C23C[C@@H]4C[C@@H](CC(Br)(C4)C2)C3)cc1. The highest BCUT2D eigenvalue weighted by molar-refractivity contribution is 9.10. The molecule has 4 aliphatic rings. The minimum Gasteiger partial charge on any atom is -0.497 e. The quantitative estimate of drug-likeness (QED) is 0.418. The highest BCUT2D eigenvalue weighted by Gasteiger charge is 2.60. The Morgan fingerprint density at radius 2 is 1.76 bits per heavy atom. The average molecular weight is 407 g/mol. The van der Waals surface area contributed by atoms with Crippen molar-refractivity contribution in [2.24, 2.45) is 17.3 Å². The Balaban J connectivity index is 1.41. The van der Waals surface area contributed by atoms with Crippen LogP contribution in [0, 0.1) is 17.3 Å². The fourth-order valence-corrected chi connectivity index (χ4v) is 6.99. The number of rotatable bonds is 5. The summed E-state index contributed by atoms with van der Waals surface area (Å²) in [5.74, 6) is 1.59. The van der Waals surface area contributed by atoms with Gasteiger partial charge in [0.2, 0.25) is 0 Å². The third-order valence-corrected chi connectivity index (χ3v) is 7.10. The zero-order valence-electron chi connectivity index (χ0n) is 14.4. The number of alkyl halides is 1. The van der Waals surface area contributed by atoms with Crippen LogP contribution in [0.15, 0.2) is 24.3 Å². The third kappa shape index (κ3) is 3.12. The summed E-state index contributed by atoms with van der Waals surface area (Å²) in [5, 5.41) is 0. The van der Waals surface area contributed by atoms with Crippen molar-refractivity contribution in [2.45, 2.75) is 42.8 Å². The van der Waals surface area contributed by atoms with Crippen LogP contribution in [0.3, 0.4) is 0 Å². The number of carbonyl (C=O) groups is 2. The zero-order chi connectivity index (χ0) is 17.7. The van der Waals surface area contributed by atoms with E-state index >= 15 is 0 Å². The largest absolute Gasteiger partial charge is 0.497 e. The molecule has 0 radical (unpaired) electrons. The van der Waals surface area contributed by atoms with E-state index in [0.29, 0.717) is 23.1 Å². The lowest BCUT2D eigenvalue weighted by molar-refractivity contribution is -0.168. The van der Waals surface area contributed by atoms with E-state index in [0.717, 1.165) is 19.3 Å². The summed E-state index contributed by atoms with van der Waals surface area (Å²) < 4.78 is 10.7. The van der Waals surface area contributed by atoms with Gasteiger partial charge in [0.25, 0.3) is 0 Å². The average Bonchev–Trinajstić information content (AvgIpc) is 2.57. The molecule has 1 aromatic rings. The van der Waals surface area contributed by atoms with Crippen LogP contribution in [0.25, 0.3) is 0 Å². The van der Waals surface area contributed by atoms with Crippen LogP contribution in [-0.2, 0) is 9.53 Å².